The number of nitrogens with one attached hydrogen (secondary N) is 1. The van der Waals surface area contributed by atoms with Gasteiger partial charge >= 0.3 is 5.97 Å². The summed E-state index contributed by atoms with van der Waals surface area (Å²) in [4.78, 5) is 20.7. The number of hydrogen-bond acceptors (Lipinski definition) is 5. The van der Waals surface area contributed by atoms with Crippen LogP contribution in [-0.4, -0.2) is 28.6 Å². The minimum Gasteiger partial charge on any atom is -0.464 e. The van der Waals surface area contributed by atoms with Gasteiger partial charge in [0, 0.05) is 18.4 Å². The zero-order chi connectivity index (χ0) is 13.8. The van der Waals surface area contributed by atoms with Crippen LogP contribution >= 0.6 is 0 Å². The number of carbonyl (C=O) groups is 1. The topological polar surface area (TPSA) is 64.1 Å². The summed E-state index contributed by atoms with van der Waals surface area (Å²) in [5.41, 5.74) is 0.362. The third-order valence-electron chi connectivity index (χ3n) is 2.62. The molecule has 0 radical (unpaired) electrons. The Morgan fingerprint density at radius 3 is 2.56 bits per heavy atom. The third-order valence-corrected chi connectivity index (χ3v) is 2.62. The fraction of sp³-hybridized carbons (Fsp3) is 0.615. The van der Waals surface area contributed by atoms with E-state index in [1.54, 1.807) is 26.2 Å². The Morgan fingerprint density at radius 1 is 1.44 bits per heavy atom. The number of nitrogens with zero attached hydrogens (tertiary/aromatic N) is 2. The van der Waals surface area contributed by atoms with Gasteiger partial charge in [-0.05, 0) is 34.6 Å². The number of rotatable bonds is 5. The molecule has 0 amide bonds. The molecular weight excluding hydrogens is 230 g/mol. The molecule has 1 aromatic rings. The second kappa shape index (κ2) is 5.91. The highest BCUT2D eigenvalue weighted by atomic mass is 16.5. The summed E-state index contributed by atoms with van der Waals surface area (Å²) in [5, 5.41) is 3.22. The van der Waals surface area contributed by atoms with Crippen molar-refractivity contribution in [2.24, 2.45) is 0 Å². The second-order valence-electron chi connectivity index (χ2n) is 4.63. The predicted octanol–water partition coefficient (Wildman–Crippen LogP) is 1.56. The first-order valence-electron chi connectivity index (χ1n) is 6.14. The summed E-state index contributed by atoms with van der Waals surface area (Å²) in [6, 6.07) is 0.126. The van der Waals surface area contributed by atoms with E-state index in [1.807, 2.05) is 20.8 Å². The molecule has 0 saturated carbocycles. The first kappa shape index (κ1) is 14.6. The Labute approximate surface area is 108 Å². The Kier molecular flexibility index (Phi) is 4.78. The van der Waals surface area contributed by atoms with Crippen molar-refractivity contribution in [2.75, 3.05) is 6.61 Å². The standard InChI is InChI=1S/C13H21N3O2/c1-6-18-12(17)13(5,16-9(2)3)11-10(4)14-7-8-15-11/h7-9,16H,6H2,1-5H3. The Balaban J connectivity index is 3.20. The Bertz CT molecular complexity index is 420. The van der Waals surface area contributed by atoms with Crippen LogP contribution in [0.4, 0.5) is 0 Å². The number of hydrogen-bond donors (Lipinski definition) is 1. The maximum atomic E-state index is 12.2. The molecule has 0 aliphatic heterocycles. The average Bonchev–Trinajstić information content (AvgIpc) is 2.28. The van der Waals surface area contributed by atoms with Gasteiger partial charge in [0.15, 0.2) is 5.54 Å². The SMILES string of the molecule is CCOC(=O)C(C)(NC(C)C)c1nccnc1C. The minimum absolute atomic E-state index is 0.126. The minimum atomic E-state index is -0.970. The molecule has 1 rings (SSSR count). The first-order valence-corrected chi connectivity index (χ1v) is 6.14. The van der Waals surface area contributed by atoms with E-state index in [1.165, 1.54) is 0 Å². The molecule has 100 valence electrons. The van der Waals surface area contributed by atoms with Crippen molar-refractivity contribution in [3.63, 3.8) is 0 Å². The lowest BCUT2D eigenvalue weighted by Crippen LogP contribution is -2.51. The fourth-order valence-electron chi connectivity index (χ4n) is 1.98. The summed E-state index contributed by atoms with van der Waals surface area (Å²) in [5.74, 6) is -0.331. The summed E-state index contributed by atoms with van der Waals surface area (Å²) in [6.07, 6.45) is 3.20. The maximum Gasteiger partial charge on any atom is 0.332 e. The summed E-state index contributed by atoms with van der Waals surface area (Å²) >= 11 is 0. The van der Waals surface area contributed by atoms with E-state index in [0.29, 0.717) is 12.3 Å². The molecule has 1 atom stereocenters. The molecule has 1 N–H and O–H groups in total. The average molecular weight is 251 g/mol. The van der Waals surface area contributed by atoms with E-state index >= 15 is 0 Å². The van der Waals surface area contributed by atoms with Crippen molar-refractivity contribution >= 4 is 5.97 Å². The highest BCUT2D eigenvalue weighted by Gasteiger charge is 2.40. The van der Waals surface area contributed by atoms with Gasteiger partial charge in [-0.2, -0.15) is 0 Å². The molecule has 1 aromatic heterocycles. The molecule has 5 nitrogen and oxygen atoms in total. The van der Waals surface area contributed by atoms with Gasteiger partial charge in [-0.3, -0.25) is 15.3 Å². The molecule has 0 spiro atoms. The largest absolute Gasteiger partial charge is 0.464 e. The van der Waals surface area contributed by atoms with Crippen LogP contribution in [0.15, 0.2) is 12.4 Å². The maximum absolute atomic E-state index is 12.2. The van der Waals surface area contributed by atoms with Gasteiger partial charge < -0.3 is 4.74 Å². The Morgan fingerprint density at radius 2 is 2.06 bits per heavy atom. The number of esters is 1. The third kappa shape index (κ3) is 3.04. The van der Waals surface area contributed by atoms with Crippen LogP contribution in [0.5, 0.6) is 0 Å². The molecule has 0 aliphatic rings. The van der Waals surface area contributed by atoms with Gasteiger partial charge in [0.05, 0.1) is 18.0 Å². The quantitative estimate of drug-likeness (QED) is 0.805. The highest BCUT2D eigenvalue weighted by molar-refractivity contribution is 5.81. The number of aromatic nitrogens is 2. The zero-order valence-electron chi connectivity index (χ0n) is 11.7. The lowest BCUT2D eigenvalue weighted by Gasteiger charge is -2.30. The van der Waals surface area contributed by atoms with E-state index in [0.717, 1.165) is 5.69 Å². The molecule has 0 aromatic carbocycles. The van der Waals surface area contributed by atoms with Crippen molar-refractivity contribution in [3.05, 3.63) is 23.8 Å². The normalized spacial score (nSPS) is 14.3. The van der Waals surface area contributed by atoms with E-state index < -0.39 is 5.54 Å². The predicted molar refractivity (Wildman–Crippen MR) is 69.0 cm³/mol. The number of ether oxygens (including phenoxy) is 1. The first-order chi connectivity index (χ1) is 8.41. The van der Waals surface area contributed by atoms with Gasteiger partial charge in [0.1, 0.15) is 0 Å². The lowest BCUT2D eigenvalue weighted by atomic mass is 9.94. The van der Waals surface area contributed by atoms with Crippen LogP contribution in [0.25, 0.3) is 0 Å². The van der Waals surface area contributed by atoms with Crippen molar-refractivity contribution in [3.8, 4) is 0 Å². The molecule has 18 heavy (non-hydrogen) atoms. The van der Waals surface area contributed by atoms with Crippen molar-refractivity contribution in [1.29, 1.82) is 0 Å². The van der Waals surface area contributed by atoms with E-state index in [2.05, 4.69) is 15.3 Å². The molecule has 0 aliphatic carbocycles. The second-order valence-corrected chi connectivity index (χ2v) is 4.63. The molecule has 0 bridgehead atoms. The van der Waals surface area contributed by atoms with Crippen molar-refractivity contribution in [2.45, 2.75) is 46.2 Å². The van der Waals surface area contributed by atoms with E-state index in [4.69, 9.17) is 4.74 Å². The van der Waals surface area contributed by atoms with Crippen molar-refractivity contribution < 1.29 is 9.53 Å². The van der Waals surface area contributed by atoms with Crippen LogP contribution in [0.1, 0.15) is 39.1 Å². The van der Waals surface area contributed by atoms with Crippen LogP contribution in [-0.2, 0) is 15.1 Å². The molecule has 1 unspecified atom stereocenters. The summed E-state index contributed by atoms with van der Waals surface area (Å²) in [6.45, 7) is 9.70. The van der Waals surface area contributed by atoms with Gasteiger partial charge in [-0.25, -0.2) is 4.79 Å². The van der Waals surface area contributed by atoms with Gasteiger partial charge in [0.25, 0.3) is 0 Å². The molecule has 1 heterocycles. The van der Waals surface area contributed by atoms with Gasteiger partial charge in [-0.15, -0.1) is 0 Å². The number of carbonyl (C=O) groups excluding carboxylic acids is 1. The van der Waals surface area contributed by atoms with Crippen LogP contribution < -0.4 is 5.32 Å². The van der Waals surface area contributed by atoms with E-state index in [-0.39, 0.29) is 12.0 Å². The van der Waals surface area contributed by atoms with Crippen molar-refractivity contribution in [1.82, 2.24) is 15.3 Å². The fourth-order valence-corrected chi connectivity index (χ4v) is 1.98. The zero-order valence-corrected chi connectivity index (χ0v) is 11.7. The van der Waals surface area contributed by atoms with Gasteiger partial charge in [-0.1, -0.05) is 0 Å². The molecular formula is C13H21N3O2. The molecule has 0 fully saturated rings. The Hall–Kier alpha value is -1.49. The molecule has 5 heteroatoms. The monoisotopic (exact) mass is 251 g/mol. The number of aryl methyl sites for hydroxylation is 1. The molecule has 0 saturated heterocycles. The van der Waals surface area contributed by atoms with Crippen LogP contribution in [0, 0.1) is 6.92 Å². The summed E-state index contributed by atoms with van der Waals surface area (Å²) < 4.78 is 5.15. The smallest absolute Gasteiger partial charge is 0.332 e. The van der Waals surface area contributed by atoms with Crippen LogP contribution in [0.2, 0.25) is 0 Å². The lowest BCUT2D eigenvalue weighted by molar-refractivity contribution is -0.151. The van der Waals surface area contributed by atoms with E-state index in [9.17, 15) is 4.79 Å². The summed E-state index contributed by atoms with van der Waals surface area (Å²) in [7, 11) is 0. The highest BCUT2D eigenvalue weighted by Crippen LogP contribution is 2.23. The van der Waals surface area contributed by atoms with Gasteiger partial charge in [0.2, 0.25) is 0 Å². The van der Waals surface area contributed by atoms with Crippen LogP contribution in [0.3, 0.4) is 0 Å².